The van der Waals surface area contributed by atoms with Gasteiger partial charge in [0.15, 0.2) is 0 Å². The number of ether oxygens (including phenoxy) is 2. The van der Waals surface area contributed by atoms with Gasteiger partial charge in [0.25, 0.3) is 6.47 Å². The van der Waals surface area contributed by atoms with Crippen molar-refractivity contribution in [1.29, 1.82) is 0 Å². The average Bonchev–Trinajstić information content (AvgIpc) is 3.23. The van der Waals surface area contributed by atoms with Gasteiger partial charge in [-0.2, -0.15) is 0 Å². The molecule has 2 aliphatic heterocycles. The van der Waals surface area contributed by atoms with Crippen molar-refractivity contribution in [2.24, 2.45) is 0 Å². The zero-order valence-corrected chi connectivity index (χ0v) is 15.7. The van der Waals surface area contributed by atoms with Gasteiger partial charge in [-0.05, 0) is 55.8 Å². The Bertz CT molecular complexity index is 819. The first-order chi connectivity index (χ1) is 13.6. The molecule has 2 atom stereocenters. The van der Waals surface area contributed by atoms with Crippen molar-refractivity contribution < 1.29 is 29.6 Å². The number of methoxy groups -OCH3 is 1. The highest BCUT2D eigenvalue weighted by Gasteiger charge is 2.35. The number of likely N-dealkylation sites (tertiary alicyclic amines) is 1. The van der Waals surface area contributed by atoms with Crippen molar-refractivity contribution in [2.45, 2.75) is 25.0 Å². The maximum atomic E-state index is 10.8. The molecule has 28 heavy (non-hydrogen) atoms. The third kappa shape index (κ3) is 4.05. The Morgan fingerprint density at radius 2 is 1.89 bits per heavy atom. The summed E-state index contributed by atoms with van der Waals surface area (Å²) in [7, 11) is 1.60. The molecule has 0 amide bonds. The van der Waals surface area contributed by atoms with E-state index in [0.29, 0.717) is 23.7 Å². The molecule has 2 heterocycles. The van der Waals surface area contributed by atoms with Crippen LogP contribution in [-0.2, 0) is 4.79 Å². The summed E-state index contributed by atoms with van der Waals surface area (Å²) >= 11 is 0. The fraction of sp³-hybridized carbons (Fsp3) is 0.381. The summed E-state index contributed by atoms with van der Waals surface area (Å²) in [6.07, 6.45) is 1.82. The Hall–Kier alpha value is -2.77. The van der Waals surface area contributed by atoms with Crippen molar-refractivity contribution in [2.75, 3.05) is 26.8 Å². The summed E-state index contributed by atoms with van der Waals surface area (Å²) in [5.41, 5.74) is 2.33. The summed E-state index contributed by atoms with van der Waals surface area (Å²) < 4.78 is 11.2. The summed E-state index contributed by atoms with van der Waals surface area (Å²) in [6, 6.07) is 10.8. The van der Waals surface area contributed by atoms with Crippen LogP contribution in [0.2, 0.25) is 0 Å². The Morgan fingerprint density at radius 1 is 1.18 bits per heavy atom. The topological polar surface area (TPSA) is 99.5 Å². The van der Waals surface area contributed by atoms with Gasteiger partial charge >= 0.3 is 0 Å². The monoisotopic (exact) mass is 387 g/mol. The Kier molecular flexibility index (Phi) is 6.38. The van der Waals surface area contributed by atoms with Crippen LogP contribution in [0.15, 0.2) is 36.4 Å². The van der Waals surface area contributed by atoms with E-state index in [1.54, 1.807) is 25.3 Å². The molecular weight excluding hydrogens is 362 g/mol. The predicted octanol–water partition coefficient (Wildman–Crippen LogP) is 2.66. The Labute approximate surface area is 163 Å². The van der Waals surface area contributed by atoms with Crippen LogP contribution in [-0.4, -0.2) is 59.5 Å². The number of carbonyl (C=O) groups is 1. The van der Waals surface area contributed by atoms with Crippen LogP contribution >= 0.6 is 0 Å². The van der Waals surface area contributed by atoms with E-state index >= 15 is 0 Å². The van der Waals surface area contributed by atoms with Gasteiger partial charge in [-0.1, -0.05) is 12.1 Å². The number of nitrogens with zero attached hydrogens (tertiary/aromatic N) is 1. The second-order valence-electron chi connectivity index (χ2n) is 6.81. The molecule has 7 nitrogen and oxygen atoms in total. The van der Waals surface area contributed by atoms with Gasteiger partial charge < -0.3 is 24.8 Å². The summed E-state index contributed by atoms with van der Waals surface area (Å²) in [5, 5.41) is 27.9. The lowest BCUT2D eigenvalue weighted by molar-refractivity contribution is -0.122. The maximum absolute atomic E-state index is 10.8. The normalized spacial score (nSPS) is 21.1. The number of aliphatic hydroxyl groups excluding tert-OH is 1. The van der Waals surface area contributed by atoms with Crippen LogP contribution in [0, 0.1) is 0 Å². The number of hydrogen-bond acceptors (Lipinski definition) is 6. The fourth-order valence-electron chi connectivity index (χ4n) is 3.80. The number of rotatable bonds is 3. The predicted molar refractivity (Wildman–Crippen MR) is 104 cm³/mol. The molecule has 2 aromatic carbocycles. The van der Waals surface area contributed by atoms with Crippen LogP contribution < -0.4 is 9.47 Å². The van der Waals surface area contributed by atoms with Crippen LogP contribution in [0.1, 0.15) is 24.5 Å². The minimum absolute atomic E-state index is 0.0195. The van der Waals surface area contributed by atoms with Crippen molar-refractivity contribution in [3.63, 3.8) is 0 Å². The second kappa shape index (κ2) is 8.95. The van der Waals surface area contributed by atoms with Crippen LogP contribution in [0.4, 0.5) is 0 Å². The molecule has 4 rings (SSSR count). The minimum atomic E-state index is -0.546. The molecule has 3 N–H and O–H groups in total. The van der Waals surface area contributed by atoms with Gasteiger partial charge in [-0.25, -0.2) is 0 Å². The lowest BCUT2D eigenvalue weighted by Crippen LogP contribution is -2.44. The van der Waals surface area contributed by atoms with E-state index in [4.69, 9.17) is 19.4 Å². The Balaban J connectivity index is 0.000000706. The van der Waals surface area contributed by atoms with Crippen LogP contribution in [0.3, 0.4) is 0 Å². The molecule has 0 unspecified atom stereocenters. The first kappa shape index (κ1) is 20.0. The SMILES string of the molecule is COc1ccc(O)c(-c2ccc3c(c2)OC[C@@H](N2CCCC2)[C@@H]3O)c1.O=CO. The van der Waals surface area contributed by atoms with E-state index in [9.17, 15) is 10.2 Å². The van der Waals surface area contributed by atoms with Gasteiger partial charge in [0.05, 0.1) is 13.2 Å². The molecule has 2 aliphatic rings. The maximum Gasteiger partial charge on any atom is 0.290 e. The molecule has 0 bridgehead atoms. The second-order valence-corrected chi connectivity index (χ2v) is 6.81. The van der Waals surface area contributed by atoms with Crippen molar-refractivity contribution in [1.82, 2.24) is 4.90 Å². The van der Waals surface area contributed by atoms with Gasteiger partial charge in [0.1, 0.15) is 30.0 Å². The fourth-order valence-corrected chi connectivity index (χ4v) is 3.80. The number of phenolic OH excluding ortho intramolecular Hbond substituents is 1. The molecular formula is C21H25NO6. The molecule has 1 fully saturated rings. The van der Waals surface area contributed by atoms with Crippen molar-refractivity contribution in [3.8, 4) is 28.4 Å². The number of carboxylic acid groups (broad SMARTS) is 1. The largest absolute Gasteiger partial charge is 0.507 e. The third-order valence-electron chi connectivity index (χ3n) is 5.23. The number of benzene rings is 2. The van der Waals surface area contributed by atoms with E-state index in [-0.39, 0.29) is 18.3 Å². The molecule has 2 aromatic rings. The highest BCUT2D eigenvalue weighted by Crippen LogP contribution is 2.40. The third-order valence-corrected chi connectivity index (χ3v) is 5.23. The van der Waals surface area contributed by atoms with Gasteiger partial charge in [0, 0.05) is 11.1 Å². The standard InChI is InChI=1S/C20H23NO4.CH2O2/c1-24-14-5-7-18(22)16(11-14)13-4-6-15-19(10-13)25-12-17(20(15)23)21-8-2-3-9-21;2-1-3/h4-7,10-11,17,20,22-23H,2-3,8-9,12H2,1H3;1H,(H,2,3)/t17-,20-;/m1./s1. The summed E-state index contributed by atoms with van der Waals surface area (Å²) in [5.74, 6) is 1.55. The summed E-state index contributed by atoms with van der Waals surface area (Å²) in [4.78, 5) is 10.7. The number of hydrogen-bond donors (Lipinski definition) is 3. The Morgan fingerprint density at radius 3 is 2.57 bits per heavy atom. The molecule has 0 aliphatic carbocycles. The number of phenols is 1. The molecule has 0 radical (unpaired) electrons. The highest BCUT2D eigenvalue weighted by molar-refractivity contribution is 5.73. The zero-order valence-electron chi connectivity index (χ0n) is 15.7. The first-order valence-electron chi connectivity index (χ1n) is 9.23. The van der Waals surface area contributed by atoms with E-state index in [1.807, 2.05) is 18.2 Å². The first-order valence-corrected chi connectivity index (χ1v) is 9.23. The lowest BCUT2D eigenvalue weighted by atomic mass is 9.94. The van der Waals surface area contributed by atoms with Crippen LogP contribution in [0.25, 0.3) is 11.1 Å². The van der Waals surface area contributed by atoms with Gasteiger partial charge in [-0.15, -0.1) is 0 Å². The highest BCUT2D eigenvalue weighted by atomic mass is 16.5. The number of aromatic hydroxyl groups is 1. The molecule has 1 saturated heterocycles. The number of aliphatic hydroxyl groups is 1. The molecule has 0 aromatic heterocycles. The van der Waals surface area contributed by atoms with Crippen LogP contribution in [0.5, 0.6) is 17.2 Å². The minimum Gasteiger partial charge on any atom is -0.507 e. The zero-order chi connectivity index (χ0) is 20.1. The molecule has 7 heteroatoms. The molecule has 0 saturated carbocycles. The van der Waals surface area contributed by atoms with Gasteiger partial charge in [0.2, 0.25) is 0 Å². The summed E-state index contributed by atoms with van der Waals surface area (Å²) in [6.45, 7) is 2.29. The molecule has 0 spiro atoms. The van der Waals surface area contributed by atoms with Crippen molar-refractivity contribution >= 4 is 6.47 Å². The quantitative estimate of drug-likeness (QED) is 0.696. The molecule has 150 valence electrons. The van der Waals surface area contributed by atoms with E-state index in [2.05, 4.69) is 4.90 Å². The van der Waals surface area contributed by atoms with Crippen molar-refractivity contribution in [3.05, 3.63) is 42.0 Å². The van der Waals surface area contributed by atoms with E-state index < -0.39 is 6.10 Å². The number of fused-ring (bicyclic) bond motifs is 1. The smallest absolute Gasteiger partial charge is 0.290 e. The van der Waals surface area contributed by atoms with E-state index in [0.717, 1.165) is 24.2 Å². The van der Waals surface area contributed by atoms with Gasteiger partial charge in [-0.3, -0.25) is 9.69 Å². The lowest BCUT2D eigenvalue weighted by Gasteiger charge is -2.36. The average molecular weight is 387 g/mol. The van der Waals surface area contributed by atoms with E-state index in [1.165, 1.54) is 12.8 Å².